The molecule has 1 N–H and O–H groups in total. The van der Waals surface area contributed by atoms with Crippen molar-refractivity contribution >= 4 is 16.7 Å². The Morgan fingerprint density at radius 2 is 1.76 bits per heavy atom. The van der Waals surface area contributed by atoms with Crippen LogP contribution in [0.1, 0.15) is 18.5 Å². The summed E-state index contributed by atoms with van der Waals surface area (Å²) in [5.41, 5.74) is 0.972. The summed E-state index contributed by atoms with van der Waals surface area (Å²) in [5, 5.41) is 5.05. The molecule has 0 aliphatic rings. The summed E-state index contributed by atoms with van der Waals surface area (Å²) >= 11 is 0. The Balaban J connectivity index is 1.60. The summed E-state index contributed by atoms with van der Waals surface area (Å²) in [7, 11) is 0. The first-order valence-corrected chi connectivity index (χ1v) is 7.89. The monoisotopic (exact) mass is 341 g/mol. The van der Waals surface area contributed by atoms with Crippen LogP contribution in [0.4, 0.5) is 8.78 Å². The Morgan fingerprint density at radius 3 is 2.52 bits per heavy atom. The van der Waals surface area contributed by atoms with Gasteiger partial charge in [0.25, 0.3) is 5.91 Å². The minimum atomic E-state index is -1.01. The van der Waals surface area contributed by atoms with E-state index < -0.39 is 11.6 Å². The predicted octanol–water partition coefficient (Wildman–Crippen LogP) is 4.37. The van der Waals surface area contributed by atoms with E-state index in [1.807, 2.05) is 49.4 Å². The van der Waals surface area contributed by atoms with E-state index in [1.165, 1.54) is 6.07 Å². The molecule has 0 heterocycles. The van der Waals surface area contributed by atoms with Gasteiger partial charge in [0, 0.05) is 6.07 Å². The van der Waals surface area contributed by atoms with Crippen LogP contribution >= 0.6 is 0 Å². The van der Waals surface area contributed by atoms with E-state index in [0.29, 0.717) is 0 Å². The van der Waals surface area contributed by atoms with Crippen molar-refractivity contribution in [1.82, 2.24) is 5.32 Å². The van der Waals surface area contributed by atoms with Crippen LogP contribution in [0.15, 0.2) is 60.7 Å². The van der Waals surface area contributed by atoms with Crippen LogP contribution in [0.25, 0.3) is 10.8 Å². The van der Waals surface area contributed by atoms with Gasteiger partial charge in [0.1, 0.15) is 5.75 Å². The number of nitrogens with one attached hydrogen (secondary N) is 1. The molecule has 3 aromatic carbocycles. The summed E-state index contributed by atoms with van der Waals surface area (Å²) in [6.07, 6.45) is 0. The van der Waals surface area contributed by atoms with Gasteiger partial charge in [0.2, 0.25) is 0 Å². The van der Waals surface area contributed by atoms with E-state index in [2.05, 4.69) is 5.32 Å². The Bertz CT molecular complexity index is 911. The van der Waals surface area contributed by atoms with Gasteiger partial charge >= 0.3 is 0 Å². The molecule has 128 valence electrons. The van der Waals surface area contributed by atoms with Gasteiger partial charge in [-0.15, -0.1) is 0 Å². The molecule has 0 saturated heterocycles. The molecule has 1 amide bonds. The maximum Gasteiger partial charge on any atom is 0.258 e. The molecule has 3 rings (SSSR count). The van der Waals surface area contributed by atoms with E-state index in [0.717, 1.165) is 28.5 Å². The number of rotatable bonds is 5. The number of ether oxygens (including phenoxy) is 1. The van der Waals surface area contributed by atoms with Gasteiger partial charge in [0.15, 0.2) is 18.2 Å². The lowest BCUT2D eigenvalue weighted by Crippen LogP contribution is -2.31. The third-order valence-corrected chi connectivity index (χ3v) is 3.91. The quantitative estimate of drug-likeness (QED) is 0.748. The van der Waals surface area contributed by atoms with E-state index in [9.17, 15) is 13.6 Å². The predicted molar refractivity (Wildman–Crippen MR) is 92.4 cm³/mol. The van der Waals surface area contributed by atoms with Crippen LogP contribution < -0.4 is 10.1 Å². The number of carbonyl (C=O) groups is 1. The summed E-state index contributed by atoms with van der Waals surface area (Å²) in [6, 6.07) is 16.9. The minimum absolute atomic E-state index is 0.104. The normalized spacial score (nSPS) is 12.0. The van der Waals surface area contributed by atoms with Crippen LogP contribution in [-0.2, 0) is 4.79 Å². The summed E-state index contributed by atoms with van der Waals surface area (Å²) in [6.45, 7) is 1.60. The van der Waals surface area contributed by atoms with Crippen molar-refractivity contribution in [2.24, 2.45) is 0 Å². The van der Waals surface area contributed by atoms with Crippen molar-refractivity contribution in [1.29, 1.82) is 0 Å². The fourth-order valence-electron chi connectivity index (χ4n) is 2.56. The van der Waals surface area contributed by atoms with Crippen molar-refractivity contribution in [3.05, 3.63) is 77.9 Å². The molecule has 0 radical (unpaired) electrons. The van der Waals surface area contributed by atoms with Crippen LogP contribution in [0, 0.1) is 11.6 Å². The van der Waals surface area contributed by atoms with Gasteiger partial charge in [-0.3, -0.25) is 4.79 Å². The van der Waals surface area contributed by atoms with Gasteiger partial charge in [-0.05, 0) is 41.5 Å². The highest BCUT2D eigenvalue weighted by Crippen LogP contribution is 2.20. The molecule has 25 heavy (non-hydrogen) atoms. The second-order valence-corrected chi connectivity index (χ2v) is 5.76. The van der Waals surface area contributed by atoms with Crippen molar-refractivity contribution < 1.29 is 18.3 Å². The number of amides is 1. The lowest BCUT2D eigenvalue weighted by molar-refractivity contribution is -0.123. The van der Waals surface area contributed by atoms with Crippen molar-refractivity contribution in [2.75, 3.05) is 6.61 Å². The smallest absolute Gasteiger partial charge is 0.258 e. The number of carbonyl (C=O) groups excluding carboxylic acids is 1. The highest BCUT2D eigenvalue weighted by Gasteiger charge is 2.11. The Morgan fingerprint density at radius 1 is 1.00 bits per heavy atom. The molecule has 0 spiro atoms. The first kappa shape index (κ1) is 16.9. The van der Waals surface area contributed by atoms with Gasteiger partial charge in [-0.25, -0.2) is 8.78 Å². The number of hydrogen-bond acceptors (Lipinski definition) is 2. The second-order valence-electron chi connectivity index (χ2n) is 5.76. The largest absolute Gasteiger partial charge is 0.484 e. The SMILES string of the molecule is C[C@H](NC(=O)COc1ccc(F)c(F)c1)c1ccc2ccccc2c1. The average molecular weight is 341 g/mol. The number of halogens is 2. The second kappa shape index (κ2) is 7.30. The van der Waals surface area contributed by atoms with E-state index in [4.69, 9.17) is 4.74 Å². The molecule has 5 heteroatoms. The third-order valence-electron chi connectivity index (χ3n) is 3.91. The van der Waals surface area contributed by atoms with E-state index in [1.54, 1.807) is 0 Å². The molecule has 0 fully saturated rings. The molecule has 0 aromatic heterocycles. The lowest BCUT2D eigenvalue weighted by atomic mass is 10.0. The molecule has 0 aliphatic heterocycles. The highest BCUT2D eigenvalue weighted by molar-refractivity contribution is 5.83. The van der Waals surface area contributed by atoms with Gasteiger partial charge in [0.05, 0.1) is 6.04 Å². The van der Waals surface area contributed by atoms with Crippen LogP contribution in [0.3, 0.4) is 0 Å². The molecule has 0 unspecified atom stereocenters. The molecule has 1 atom stereocenters. The number of fused-ring (bicyclic) bond motifs is 1. The summed E-state index contributed by atoms with van der Waals surface area (Å²) < 4.78 is 31.2. The Kier molecular flexibility index (Phi) is 4.93. The topological polar surface area (TPSA) is 38.3 Å². The van der Waals surface area contributed by atoms with Gasteiger partial charge in [-0.2, -0.15) is 0 Å². The first-order chi connectivity index (χ1) is 12.0. The highest BCUT2D eigenvalue weighted by atomic mass is 19.2. The Hall–Kier alpha value is -2.95. The minimum Gasteiger partial charge on any atom is -0.484 e. The van der Waals surface area contributed by atoms with E-state index >= 15 is 0 Å². The zero-order valence-corrected chi connectivity index (χ0v) is 13.6. The molecule has 3 aromatic rings. The van der Waals surface area contributed by atoms with Gasteiger partial charge in [-0.1, -0.05) is 36.4 Å². The average Bonchev–Trinajstić information content (AvgIpc) is 2.62. The zero-order chi connectivity index (χ0) is 17.8. The van der Waals surface area contributed by atoms with Crippen molar-refractivity contribution in [3.8, 4) is 5.75 Å². The first-order valence-electron chi connectivity index (χ1n) is 7.89. The van der Waals surface area contributed by atoms with Crippen molar-refractivity contribution in [3.63, 3.8) is 0 Å². The lowest BCUT2D eigenvalue weighted by Gasteiger charge is -2.15. The number of hydrogen-bond donors (Lipinski definition) is 1. The molecule has 0 bridgehead atoms. The molecule has 0 saturated carbocycles. The van der Waals surface area contributed by atoms with Crippen LogP contribution in [0.5, 0.6) is 5.75 Å². The van der Waals surface area contributed by atoms with Crippen molar-refractivity contribution in [2.45, 2.75) is 13.0 Å². The fraction of sp³-hybridized carbons (Fsp3) is 0.150. The molecule has 3 nitrogen and oxygen atoms in total. The third kappa shape index (κ3) is 4.12. The van der Waals surface area contributed by atoms with Crippen LogP contribution in [0.2, 0.25) is 0 Å². The van der Waals surface area contributed by atoms with Gasteiger partial charge < -0.3 is 10.1 Å². The molecule has 0 aliphatic carbocycles. The maximum atomic E-state index is 13.1. The maximum absolute atomic E-state index is 13.1. The fourth-order valence-corrected chi connectivity index (χ4v) is 2.56. The molecular formula is C20H17F2NO2. The zero-order valence-electron chi connectivity index (χ0n) is 13.6. The Labute approximate surface area is 144 Å². The molecular weight excluding hydrogens is 324 g/mol. The van der Waals surface area contributed by atoms with Crippen LogP contribution in [-0.4, -0.2) is 12.5 Å². The standard InChI is InChI=1S/C20H17F2NO2/c1-13(15-7-6-14-4-2-3-5-16(14)10-15)23-20(24)12-25-17-8-9-18(21)19(22)11-17/h2-11,13H,12H2,1H3,(H,23,24)/t13-/m0/s1. The van der Waals surface area contributed by atoms with E-state index in [-0.39, 0.29) is 24.3 Å². The number of benzene rings is 3. The summed E-state index contributed by atoms with van der Waals surface area (Å²) in [5.74, 6) is -2.21. The summed E-state index contributed by atoms with van der Waals surface area (Å²) in [4.78, 5) is 12.0.